The highest BCUT2D eigenvalue weighted by Crippen LogP contribution is 2.31. The van der Waals surface area contributed by atoms with Gasteiger partial charge in [0, 0.05) is 17.7 Å². The Morgan fingerprint density at radius 1 is 1.20 bits per heavy atom. The molecule has 2 rings (SSSR count). The van der Waals surface area contributed by atoms with Crippen molar-refractivity contribution in [1.29, 1.82) is 0 Å². The van der Waals surface area contributed by atoms with Gasteiger partial charge in [-0.05, 0) is 31.5 Å². The van der Waals surface area contributed by atoms with E-state index in [-0.39, 0.29) is 5.71 Å². The van der Waals surface area contributed by atoms with E-state index in [0.717, 1.165) is 12.1 Å². The van der Waals surface area contributed by atoms with Gasteiger partial charge in [-0.1, -0.05) is 46.7 Å². The molecule has 2 aromatic rings. The monoisotopic (exact) mass is 421 g/mol. The standard InChI is InChI=1S/C21H22F3N3O3/c1-4-25-20(28)19(27-29-3)18-11-6-5-8-16(18)13-26-30-14(2)15-9-7-10-17(12-15)21(22,23)24/h5-14H,4H2,1-3H3,(H,25,28)/b26-13+,27-19?. The van der Waals surface area contributed by atoms with Gasteiger partial charge >= 0.3 is 6.18 Å². The van der Waals surface area contributed by atoms with Crippen molar-refractivity contribution in [3.8, 4) is 0 Å². The lowest BCUT2D eigenvalue weighted by Crippen LogP contribution is -2.32. The highest BCUT2D eigenvalue weighted by Gasteiger charge is 2.30. The Balaban J connectivity index is 2.21. The lowest BCUT2D eigenvalue weighted by atomic mass is 10.0. The van der Waals surface area contributed by atoms with Gasteiger partial charge in [-0.25, -0.2) is 0 Å². The van der Waals surface area contributed by atoms with Gasteiger partial charge in [-0.15, -0.1) is 0 Å². The van der Waals surface area contributed by atoms with Crippen molar-refractivity contribution in [2.24, 2.45) is 10.3 Å². The number of hydrogen-bond acceptors (Lipinski definition) is 5. The number of carbonyl (C=O) groups excluding carboxylic acids is 1. The summed E-state index contributed by atoms with van der Waals surface area (Å²) in [5, 5.41) is 10.3. The first-order valence-electron chi connectivity index (χ1n) is 9.13. The van der Waals surface area contributed by atoms with Crippen LogP contribution in [-0.4, -0.2) is 31.5 Å². The SMILES string of the molecule is CCNC(=O)C(=NOC)c1ccccc1/C=N/OC(C)c1cccc(C(F)(F)F)c1. The van der Waals surface area contributed by atoms with Gasteiger partial charge in [-0.3, -0.25) is 4.79 Å². The number of nitrogens with zero attached hydrogens (tertiary/aromatic N) is 2. The average molecular weight is 421 g/mol. The largest absolute Gasteiger partial charge is 0.416 e. The van der Waals surface area contributed by atoms with E-state index in [1.807, 2.05) is 0 Å². The summed E-state index contributed by atoms with van der Waals surface area (Å²) in [6.45, 7) is 3.78. The van der Waals surface area contributed by atoms with Gasteiger partial charge in [0.1, 0.15) is 13.2 Å². The molecule has 1 amide bonds. The molecule has 1 unspecified atom stereocenters. The van der Waals surface area contributed by atoms with E-state index in [9.17, 15) is 18.0 Å². The number of hydrogen-bond donors (Lipinski definition) is 1. The molecule has 0 aliphatic heterocycles. The number of benzene rings is 2. The van der Waals surface area contributed by atoms with Crippen LogP contribution in [0.4, 0.5) is 13.2 Å². The minimum absolute atomic E-state index is 0.0623. The molecule has 0 saturated heterocycles. The Morgan fingerprint density at radius 3 is 2.60 bits per heavy atom. The first-order chi connectivity index (χ1) is 14.3. The van der Waals surface area contributed by atoms with Crippen LogP contribution in [0, 0.1) is 0 Å². The van der Waals surface area contributed by atoms with E-state index in [1.54, 1.807) is 38.1 Å². The summed E-state index contributed by atoms with van der Waals surface area (Å²) in [5.74, 6) is -0.418. The third-order valence-electron chi connectivity index (χ3n) is 4.05. The number of nitrogens with one attached hydrogen (secondary N) is 1. The second kappa shape index (κ2) is 10.4. The second-order valence-electron chi connectivity index (χ2n) is 6.17. The van der Waals surface area contributed by atoms with Gasteiger partial charge in [0.25, 0.3) is 5.91 Å². The number of halogens is 3. The van der Waals surface area contributed by atoms with E-state index >= 15 is 0 Å². The second-order valence-corrected chi connectivity index (χ2v) is 6.17. The van der Waals surface area contributed by atoms with E-state index in [4.69, 9.17) is 9.68 Å². The molecule has 0 aromatic heterocycles. The van der Waals surface area contributed by atoms with Crippen molar-refractivity contribution >= 4 is 17.8 Å². The van der Waals surface area contributed by atoms with E-state index in [0.29, 0.717) is 23.2 Å². The number of amides is 1. The third kappa shape index (κ3) is 6.07. The maximum absolute atomic E-state index is 12.9. The van der Waals surface area contributed by atoms with Crippen LogP contribution in [0.1, 0.15) is 42.2 Å². The molecule has 0 aliphatic carbocycles. The van der Waals surface area contributed by atoms with Gasteiger partial charge in [-0.2, -0.15) is 13.2 Å². The molecule has 1 N–H and O–H groups in total. The fourth-order valence-electron chi connectivity index (χ4n) is 2.58. The van der Waals surface area contributed by atoms with Crippen LogP contribution in [-0.2, 0) is 20.6 Å². The Bertz CT molecular complexity index is 927. The van der Waals surface area contributed by atoms with Gasteiger partial charge in [0.05, 0.1) is 11.8 Å². The Kier molecular flexibility index (Phi) is 7.97. The Hall–Kier alpha value is -3.36. The summed E-state index contributed by atoms with van der Waals surface area (Å²) < 4.78 is 38.6. The summed E-state index contributed by atoms with van der Waals surface area (Å²) in [4.78, 5) is 22.4. The highest BCUT2D eigenvalue weighted by atomic mass is 19.4. The first-order valence-corrected chi connectivity index (χ1v) is 9.13. The van der Waals surface area contributed by atoms with Crippen molar-refractivity contribution in [2.45, 2.75) is 26.1 Å². The van der Waals surface area contributed by atoms with E-state index in [2.05, 4.69) is 15.6 Å². The molecule has 0 spiro atoms. The summed E-state index contributed by atoms with van der Waals surface area (Å²) in [6.07, 6.45) is -3.79. The van der Waals surface area contributed by atoms with Crippen molar-refractivity contribution in [3.63, 3.8) is 0 Å². The number of carbonyl (C=O) groups is 1. The predicted molar refractivity (Wildman–Crippen MR) is 107 cm³/mol. The lowest BCUT2D eigenvalue weighted by molar-refractivity contribution is -0.137. The van der Waals surface area contributed by atoms with Crippen LogP contribution in [0.3, 0.4) is 0 Å². The molecule has 1 atom stereocenters. The molecule has 30 heavy (non-hydrogen) atoms. The molecule has 160 valence electrons. The smallest absolute Gasteiger partial charge is 0.398 e. The molecule has 6 nitrogen and oxygen atoms in total. The molecule has 0 fully saturated rings. The summed E-state index contributed by atoms with van der Waals surface area (Å²) >= 11 is 0. The molecule has 0 saturated carbocycles. The number of likely N-dealkylation sites (N-methyl/N-ethyl adjacent to an activating group) is 1. The summed E-state index contributed by atoms with van der Waals surface area (Å²) in [6, 6.07) is 11.7. The van der Waals surface area contributed by atoms with Crippen LogP contribution in [0.2, 0.25) is 0 Å². The van der Waals surface area contributed by atoms with Crippen LogP contribution >= 0.6 is 0 Å². The van der Waals surface area contributed by atoms with Crippen LogP contribution in [0.15, 0.2) is 58.8 Å². The predicted octanol–water partition coefficient (Wildman–Crippen LogP) is 4.30. The molecule has 2 aromatic carbocycles. The maximum atomic E-state index is 12.9. The van der Waals surface area contributed by atoms with Gasteiger partial charge < -0.3 is 15.0 Å². The first kappa shape index (κ1) is 22.9. The Morgan fingerprint density at radius 2 is 1.93 bits per heavy atom. The fourth-order valence-corrected chi connectivity index (χ4v) is 2.58. The van der Waals surface area contributed by atoms with Crippen LogP contribution < -0.4 is 5.32 Å². The number of alkyl halides is 3. The zero-order valence-corrected chi connectivity index (χ0v) is 16.7. The fraction of sp³-hybridized carbons (Fsp3) is 0.286. The number of rotatable bonds is 8. The maximum Gasteiger partial charge on any atom is 0.416 e. The van der Waals surface area contributed by atoms with Crippen molar-refractivity contribution in [1.82, 2.24) is 5.32 Å². The van der Waals surface area contributed by atoms with Gasteiger partial charge in [0.2, 0.25) is 0 Å². The van der Waals surface area contributed by atoms with Crippen LogP contribution in [0.25, 0.3) is 0 Å². The summed E-state index contributed by atoms with van der Waals surface area (Å²) in [7, 11) is 1.33. The van der Waals surface area contributed by atoms with Crippen molar-refractivity contribution in [3.05, 3.63) is 70.8 Å². The summed E-state index contributed by atoms with van der Waals surface area (Å²) in [5.41, 5.74) is 0.624. The third-order valence-corrected chi connectivity index (χ3v) is 4.05. The molecule has 0 aliphatic rings. The molecule has 0 radical (unpaired) electrons. The highest BCUT2D eigenvalue weighted by molar-refractivity contribution is 6.46. The average Bonchev–Trinajstić information content (AvgIpc) is 2.72. The zero-order chi connectivity index (χ0) is 22.1. The zero-order valence-electron chi connectivity index (χ0n) is 16.7. The lowest BCUT2D eigenvalue weighted by Gasteiger charge is -2.13. The Labute approximate surface area is 172 Å². The molecular formula is C21H22F3N3O3. The van der Waals surface area contributed by atoms with Crippen LogP contribution in [0.5, 0.6) is 0 Å². The van der Waals surface area contributed by atoms with E-state index < -0.39 is 23.8 Å². The normalized spacial score (nSPS) is 13.2. The molecular weight excluding hydrogens is 399 g/mol. The minimum atomic E-state index is -4.44. The van der Waals surface area contributed by atoms with Gasteiger partial charge in [0.15, 0.2) is 5.71 Å². The quantitative estimate of drug-likeness (QED) is 0.510. The minimum Gasteiger partial charge on any atom is -0.398 e. The molecule has 9 heteroatoms. The van der Waals surface area contributed by atoms with Crippen molar-refractivity contribution < 1.29 is 27.6 Å². The molecule has 0 bridgehead atoms. The van der Waals surface area contributed by atoms with E-state index in [1.165, 1.54) is 25.5 Å². The molecule has 0 heterocycles. The number of oxime groups is 2. The van der Waals surface area contributed by atoms with Crippen molar-refractivity contribution in [2.75, 3.05) is 13.7 Å². The topological polar surface area (TPSA) is 72.3 Å².